The molecule has 16 heavy (non-hydrogen) atoms. The van der Waals surface area contributed by atoms with E-state index in [-0.39, 0.29) is 0 Å². The van der Waals surface area contributed by atoms with E-state index in [1.165, 1.54) is 6.42 Å². The van der Waals surface area contributed by atoms with Gasteiger partial charge in [-0.1, -0.05) is 6.92 Å². The topological polar surface area (TPSA) is 50.1 Å². The van der Waals surface area contributed by atoms with E-state index in [9.17, 15) is 0 Å². The summed E-state index contributed by atoms with van der Waals surface area (Å²) in [6, 6.07) is 0.441. The SMILES string of the molecule is CCCNCC(C)NCc1oc(C)nc1C. The molecule has 0 aliphatic heterocycles. The summed E-state index contributed by atoms with van der Waals surface area (Å²) in [4.78, 5) is 4.24. The minimum atomic E-state index is 0.441. The summed E-state index contributed by atoms with van der Waals surface area (Å²) >= 11 is 0. The van der Waals surface area contributed by atoms with Crippen LogP contribution < -0.4 is 10.6 Å². The zero-order valence-corrected chi connectivity index (χ0v) is 10.8. The standard InChI is InChI=1S/C12H23N3O/c1-5-6-13-7-9(2)14-8-12-10(3)15-11(4)16-12/h9,13-14H,5-8H2,1-4H3. The highest BCUT2D eigenvalue weighted by atomic mass is 16.4. The van der Waals surface area contributed by atoms with Crippen LogP contribution in [0.15, 0.2) is 4.42 Å². The quantitative estimate of drug-likeness (QED) is 0.694. The van der Waals surface area contributed by atoms with Crippen molar-refractivity contribution in [1.82, 2.24) is 15.6 Å². The summed E-state index contributed by atoms with van der Waals surface area (Å²) in [5.74, 6) is 1.69. The van der Waals surface area contributed by atoms with Gasteiger partial charge in [-0.25, -0.2) is 4.98 Å². The number of hydrogen-bond donors (Lipinski definition) is 2. The van der Waals surface area contributed by atoms with Crippen molar-refractivity contribution in [3.63, 3.8) is 0 Å². The van der Waals surface area contributed by atoms with E-state index in [1.807, 2.05) is 13.8 Å². The summed E-state index contributed by atoms with van der Waals surface area (Å²) < 4.78 is 5.50. The Hall–Kier alpha value is -0.870. The Morgan fingerprint density at radius 2 is 2.12 bits per heavy atom. The van der Waals surface area contributed by atoms with Crippen LogP contribution >= 0.6 is 0 Å². The molecule has 0 saturated carbocycles. The Labute approximate surface area is 97.8 Å². The third kappa shape index (κ3) is 4.33. The van der Waals surface area contributed by atoms with Gasteiger partial charge in [-0.3, -0.25) is 0 Å². The Morgan fingerprint density at radius 1 is 1.38 bits per heavy atom. The van der Waals surface area contributed by atoms with Gasteiger partial charge in [0.2, 0.25) is 0 Å². The maximum absolute atomic E-state index is 5.50. The molecule has 92 valence electrons. The second kappa shape index (κ2) is 6.66. The molecule has 0 spiro atoms. The van der Waals surface area contributed by atoms with Crippen molar-refractivity contribution in [1.29, 1.82) is 0 Å². The average Bonchev–Trinajstić information content (AvgIpc) is 2.55. The van der Waals surface area contributed by atoms with Crippen LogP contribution in [0.2, 0.25) is 0 Å². The summed E-state index contributed by atoms with van der Waals surface area (Å²) in [7, 11) is 0. The van der Waals surface area contributed by atoms with E-state index in [4.69, 9.17) is 4.42 Å². The second-order valence-corrected chi connectivity index (χ2v) is 4.23. The molecule has 4 nitrogen and oxygen atoms in total. The summed E-state index contributed by atoms with van der Waals surface area (Å²) in [5, 5.41) is 6.80. The van der Waals surface area contributed by atoms with E-state index in [2.05, 4.69) is 29.5 Å². The lowest BCUT2D eigenvalue weighted by Crippen LogP contribution is -2.36. The van der Waals surface area contributed by atoms with Crippen molar-refractivity contribution < 1.29 is 4.42 Å². The van der Waals surface area contributed by atoms with Crippen LogP contribution in [0.3, 0.4) is 0 Å². The van der Waals surface area contributed by atoms with E-state index in [0.717, 1.165) is 37.0 Å². The number of rotatable bonds is 7. The molecule has 1 heterocycles. The first-order valence-corrected chi connectivity index (χ1v) is 6.00. The molecular weight excluding hydrogens is 202 g/mol. The molecular formula is C12H23N3O. The van der Waals surface area contributed by atoms with Crippen molar-refractivity contribution in [3.8, 4) is 0 Å². The number of aryl methyl sites for hydroxylation is 2. The Bertz CT molecular complexity index is 309. The zero-order valence-electron chi connectivity index (χ0n) is 10.8. The van der Waals surface area contributed by atoms with Crippen molar-refractivity contribution in [2.75, 3.05) is 13.1 Å². The van der Waals surface area contributed by atoms with Crippen LogP contribution in [0, 0.1) is 13.8 Å². The van der Waals surface area contributed by atoms with Gasteiger partial charge in [0.25, 0.3) is 0 Å². The Balaban J connectivity index is 2.26. The number of nitrogens with one attached hydrogen (secondary N) is 2. The lowest BCUT2D eigenvalue weighted by atomic mass is 10.3. The maximum atomic E-state index is 5.50. The van der Waals surface area contributed by atoms with Gasteiger partial charge in [0.15, 0.2) is 5.89 Å². The molecule has 0 aromatic carbocycles. The van der Waals surface area contributed by atoms with Gasteiger partial charge in [0.1, 0.15) is 5.76 Å². The Kier molecular flexibility index (Phi) is 5.49. The Morgan fingerprint density at radius 3 is 2.69 bits per heavy atom. The molecule has 0 fully saturated rings. The predicted octanol–water partition coefficient (Wildman–Crippen LogP) is 1.77. The molecule has 0 aliphatic rings. The number of hydrogen-bond acceptors (Lipinski definition) is 4. The highest BCUT2D eigenvalue weighted by Crippen LogP contribution is 2.08. The first-order chi connectivity index (χ1) is 7.63. The lowest BCUT2D eigenvalue weighted by Gasteiger charge is -2.13. The molecule has 1 aromatic heterocycles. The molecule has 0 saturated heterocycles. The summed E-state index contributed by atoms with van der Waals surface area (Å²) in [6.45, 7) is 11.0. The molecule has 0 amide bonds. The van der Waals surface area contributed by atoms with Gasteiger partial charge in [-0.15, -0.1) is 0 Å². The van der Waals surface area contributed by atoms with Crippen LogP contribution in [-0.4, -0.2) is 24.1 Å². The van der Waals surface area contributed by atoms with Gasteiger partial charge in [0.05, 0.1) is 12.2 Å². The van der Waals surface area contributed by atoms with Gasteiger partial charge >= 0.3 is 0 Å². The fourth-order valence-electron chi connectivity index (χ4n) is 1.57. The van der Waals surface area contributed by atoms with Crippen molar-refractivity contribution in [2.24, 2.45) is 0 Å². The molecule has 0 bridgehead atoms. The zero-order chi connectivity index (χ0) is 12.0. The molecule has 1 unspecified atom stereocenters. The van der Waals surface area contributed by atoms with Crippen LogP contribution in [0.4, 0.5) is 0 Å². The van der Waals surface area contributed by atoms with Crippen LogP contribution in [0.1, 0.15) is 37.6 Å². The van der Waals surface area contributed by atoms with Gasteiger partial charge in [-0.05, 0) is 26.8 Å². The van der Waals surface area contributed by atoms with Crippen molar-refractivity contribution in [2.45, 2.75) is 46.7 Å². The first-order valence-electron chi connectivity index (χ1n) is 6.00. The van der Waals surface area contributed by atoms with Crippen LogP contribution in [0.25, 0.3) is 0 Å². The smallest absolute Gasteiger partial charge is 0.191 e. The average molecular weight is 225 g/mol. The number of aromatic nitrogens is 1. The highest BCUT2D eigenvalue weighted by molar-refractivity contribution is 5.06. The van der Waals surface area contributed by atoms with E-state index in [0.29, 0.717) is 6.04 Å². The molecule has 0 radical (unpaired) electrons. The third-order valence-electron chi connectivity index (χ3n) is 2.49. The fraction of sp³-hybridized carbons (Fsp3) is 0.750. The van der Waals surface area contributed by atoms with Gasteiger partial charge < -0.3 is 15.1 Å². The van der Waals surface area contributed by atoms with E-state index in [1.54, 1.807) is 0 Å². The highest BCUT2D eigenvalue weighted by Gasteiger charge is 2.07. The largest absolute Gasteiger partial charge is 0.444 e. The van der Waals surface area contributed by atoms with Gasteiger partial charge in [-0.2, -0.15) is 0 Å². The molecule has 1 atom stereocenters. The minimum absolute atomic E-state index is 0.441. The molecule has 4 heteroatoms. The van der Waals surface area contributed by atoms with Crippen LogP contribution in [0.5, 0.6) is 0 Å². The fourth-order valence-corrected chi connectivity index (χ4v) is 1.57. The summed E-state index contributed by atoms with van der Waals surface area (Å²) in [5.41, 5.74) is 0.985. The van der Waals surface area contributed by atoms with E-state index < -0.39 is 0 Å². The molecule has 1 aromatic rings. The number of nitrogens with zero attached hydrogens (tertiary/aromatic N) is 1. The molecule has 0 aliphatic carbocycles. The summed E-state index contributed by atoms with van der Waals surface area (Å²) in [6.07, 6.45) is 1.17. The van der Waals surface area contributed by atoms with Crippen molar-refractivity contribution >= 4 is 0 Å². The monoisotopic (exact) mass is 225 g/mol. The van der Waals surface area contributed by atoms with Gasteiger partial charge in [0, 0.05) is 19.5 Å². The predicted molar refractivity (Wildman–Crippen MR) is 65.4 cm³/mol. The lowest BCUT2D eigenvalue weighted by molar-refractivity contribution is 0.425. The second-order valence-electron chi connectivity index (χ2n) is 4.23. The molecule has 1 rings (SSSR count). The maximum Gasteiger partial charge on any atom is 0.191 e. The molecule has 2 N–H and O–H groups in total. The number of oxazole rings is 1. The normalized spacial score (nSPS) is 13.0. The minimum Gasteiger partial charge on any atom is -0.444 e. The van der Waals surface area contributed by atoms with Crippen LogP contribution in [-0.2, 0) is 6.54 Å². The first kappa shape index (κ1) is 13.2. The van der Waals surface area contributed by atoms with E-state index >= 15 is 0 Å². The third-order valence-corrected chi connectivity index (χ3v) is 2.49. The van der Waals surface area contributed by atoms with Crippen molar-refractivity contribution in [3.05, 3.63) is 17.3 Å².